The van der Waals surface area contributed by atoms with Gasteiger partial charge in [0, 0.05) is 24.3 Å². The van der Waals surface area contributed by atoms with Gasteiger partial charge in [0.25, 0.3) is 0 Å². The molecule has 0 amide bonds. The molecule has 1 unspecified atom stereocenters. The number of aryl methyl sites for hydroxylation is 1. The molecular weight excluding hydrogens is 228 g/mol. The Kier molecular flexibility index (Phi) is 5.85. The van der Waals surface area contributed by atoms with Crippen LogP contribution in [-0.2, 0) is 0 Å². The average molecular weight is 252 g/mol. The van der Waals surface area contributed by atoms with E-state index in [4.69, 9.17) is 10.5 Å². The van der Waals surface area contributed by atoms with Crippen molar-refractivity contribution >= 4 is 5.95 Å². The van der Waals surface area contributed by atoms with Crippen molar-refractivity contribution in [3.63, 3.8) is 0 Å². The number of nitrogens with one attached hydrogen (secondary N) is 1. The molecule has 0 radical (unpaired) electrons. The predicted octanol–water partition coefficient (Wildman–Crippen LogP) is 2.11. The highest BCUT2D eigenvalue weighted by Crippen LogP contribution is 2.13. The second-order valence-corrected chi connectivity index (χ2v) is 4.72. The van der Waals surface area contributed by atoms with Crippen molar-refractivity contribution in [2.45, 2.75) is 52.7 Å². The van der Waals surface area contributed by atoms with Crippen LogP contribution in [0.3, 0.4) is 0 Å². The molecular formula is C13H24N4O. The number of ether oxygens (including phenoxy) is 1. The molecule has 3 N–H and O–H groups in total. The van der Waals surface area contributed by atoms with Gasteiger partial charge in [0.15, 0.2) is 0 Å². The number of rotatable bonds is 7. The molecule has 0 spiro atoms. The summed E-state index contributed by atoms with van der Waals surface area (Å²) in [4.78, 5) is 8.63. The second kappa shape index (κ2) is 7.16. The van der Waals surface area contributed by atoms with Gasteiger partial charge < -0.3 is 15.8 Å². The van der Waals surface area contributed by atoms with E-state index in [1.54, 1.807) is 0 Å². The summed E-state index contributed by atoms with van der Waals surface area (Å²) in [6.45, 7) is 8.75. The average Bonchev–Trinajstić information content (AvgIpc) is 2.27. The number of aromatic nitrogens is 2. The number of nitrogens with two attached hydrogens (primary N) is 1. The Morgan fingerprint density at radius 3 is 2.72 bits per heavy atom. The molecule has 0 bridgehead atoms. The molecule has 0 aliphatic carbocycles. The largest absolute Gasteiger partial charge is 0.475 e. The molecule has 102 valence electrons. The van der Waals surface area contributed by atoms with Crippen molar-refractivity contribution in [3.8, 4) is 5.88 Å². The molecule has 0 aromatic carbocycles. The lowest BCUT2D eigenvalue weighted by atomic mass is 10.2. The summed E-state index contributed by atoms with van der Waals surface area (Å²) in [5.41, 5.74) is 6.75. The minimum Gasteiger partial charge on any atom is -0.475 e. The van der Waals surface area contributed by atoms with Crippen LogP contribution in [0, 0.1) is 6.92 Å². The quantitative estimate of drug-likeness (QED) is 0.777. The van der Waals surface area contributed by atoms with Gasteiger partial charge in [0.2, 0.25) is 11.8 Å². The lowest BCUT2D eigenvalue weighted by molar-refractivity contribution is 0.232. The van der Waals surface area contributed by atoms with Crippen molar-refractivity contribution in [2.75, 3.05) is 11.9 Å². The first kappa shape index (κ1) is 14.7. The fourth-order valence-electron chi connectivity index (χ4n) is 1.49. The van der Waals surface area contributed by atoms with Crippen LogP contribution in [0.15, 0.2) is 6.07 Å². The molecule has 18 heavy (non-hydrogen) atoms. The molecule has 1 rings (SSSR count). The Bertz CT molecular complexity index is 368. The van der Waals surface area contributed by atoms with Crippen LogP contribution >= 0.6 is 0 Å². The smallest absolute Gasteiger partial charge is 0.226 e. The van der Waals surface area contributed by atoms with E-state index in [0.29, 0.717) is 11.8 Å². The van der Waals surface area contributed by atoms with Crippen molar-refractivity contribution in [1.29, 1.82) is 0 Å². The minimum absolute atomic E-state index is 0.112. The van der Waals surface area contributed by atoms with Gasteiger partial charge in [-0.2, -0.15) is 4.98 Å². The summed E-state index contributed by atoms with van der Waals surface area (Å²) in [5, 5.41) is 3.18. The normalized spacial score (nSPS) is 12.6. The second-order valence-electron chi connectivity index (χ2n) is 4.72. The minimum atomic E-state index is 0.112. The van der Waals surface area contributed by atoms with Crippen LogP contribution < -0.4 is 15.8 Å². The Morgan fingerprint density at radius 2 is 2.11 bits per heavy atom. The predicted molar refractivity (Wildman–Crippen MR) is 73.9 cm³/mol. The van der Waals surface area contributed by atoms with Gasteiger partial charge in [-0.15, -0.1) is 0 Å². The Morgan fingerprint density at radius 1 is 1.39 bits per heavy atom. The SMILES string of the molecule is CCC(N)CCNc1nc(C)cc(OC(C)C)n1. The van der Waals surface area contributed by atoms with E-state index in [2.05, 4.69) is 22.2 Å². The van der Waals surface area contributed by atoms with Crippen LogP contribution in [0.1, 0.15) is 39.3 Å². The van der Waals surface area contributed by atoms with Gasteiger partial charge in [-0.3, -0.25) is 0 Å². The van der Waals surface area contributed by atoms with Gasteiger partial charge in [-0.25, -0.2) is 4.98 Å². The molecule has 1 atom stereocenters. The van der Waals surface area contributed by atoms with E-state index < -0.39 is 0 Å². The van der Waals surface area contributed by atoms with E-state index in [1.165, 1.54) is 0 Å². The maximum Gasteiger partial charge on any atom is 0.226 e. The maximum absolute atomic E-state index is 5.86. The number of anilines is 1. The summed E-state index contributed by atoms with van der Waals surface area (Å²) < 4.78 is 5.57. The molecule has 1 aromatic heterocycles. The zero-order valence-electron chi connectivity index (χ0n) is 11.7. The fraction of sp³-hybridized carbons (Fsp3) is 0.692. The molecule has 1 heterocycles. The summed E-state index contributed by atoms with van der Waals surface area (Å²) >= 11 is 0. The molecule has 0 aliphatic rings. The first-order chi connectivity index (χ1) is 8.51. The highest BCUT2D eigenvalue weighted by Gasteiger charge is 2.05. The van der Waals surface area contributed by atoms with Crippen LogP contribution in [0.5, 0.6) is 5.88 Å². The van der Waals surface area contributed by atoms with E-state index in [-0.39, 0.29) is 12.1 Å². The Labute approximate surface area is 109 Å². The lowest BCUT2D eigenvalue weighted by Crippen LogP contribution is -2.22. The Balaban J connectivity index is 2.57. The first-order valence-electron chi connectivity index (χ1n) is 6.53. The van der Waals surface area contributed by atoms with Crippen molar-refractivity contribution in [2.24, 2.45) is 5.73 Å². The number of hydrogen-bond acceptors (Lipinski definition) is 5. The van der Waals surface area contributed by atoms with Gasteiger partial charge in [0.05, 0.1) is 6.10 Å². The van der Waals surface area contributed by atoms with Crippen molar-refractivity contribution in [3.05, 3.63) is 11.8 Å². The van der Waals surface area contributed by atoms with E-state index >= 15 is 0 Å². The molecule has 0 saturated carbocycles. The Hall–Kier alpha value is -1.36. The van der Waals surface area contributed by atoms with Gasteiger partial charge in [-0.05, 0) is 33.6 Å². The standard InChI is InChI=1S/C13H24N4O/c1-5-11(14)6-7-15-13-16-10(4)8-12(17-13)18-9(2)3/h8-9,11H,5-7,14H2,1-4H3,(H,15,16,17). The third kappa shape index (κ3) is 5.31. The summed E-state index contributed by atoms with van der Waals surface area (Å²) in [7, 11) is 0. The lowest BCUT2D eigenvalue weighted by Gasteiger charge is -2.12. The molecule has 5 heteroatoms. The van der Waals surface area contributed by atoms with E-state index in [9.17, 15) is 0 Å². The molecule has 0 aliphatic heterocycles. The van der Waals surface area contributed by atoms with Gasteiger partial charge in [0.1, 0.15) is 0 Å². The van der Waals surface area contributed by atoms with Gasteiger partial charge >= 0.3 is 0 Å². The first-order valence-corrected chi connectivity index (χ1v) is 6.53. The zero-order valence-corrected chi connectivity index (χ0v) is 11.7. The van der Waals surface area contributed by atoms with Crippen LogP contribution in [0.4, 0.5) is 5.95 Å². The van der Waals surface area contributed by atoms with Gasteiger partial charge in [-0.1, -0.05) is 6.92 Å². The monoisotopic (exact) mass is 252 g/mol. The molecule has 0 saturated heterocycles. The molecule has 0 fully saturated rings. The number of hydrogen-bond donors (Lipinski definition) is 2. The van der Waals surface area contributed by atoms with Crippen LogP contribution in [0.2, 0.25) is 0 Å². The zero-order chi connectivity index (χ0) is 13.5. The highest BCUT2D eigenvalue weighted by atomic mass is 16.5. The topological polar surface area (TPSA) is 73.1 Å². The third-order valence-corrected chi connectivity index (χ3v) is 2.51. The van der Waals surface area contributed by atoms with Crippen LogP contribution in [0.25, 0.3) is 0 Å². The van der Waals surface area contributed by atoms with Crippen molar-refractivity contribution < 1.29 is 4.74 Å². The van der Waals surface area contributed by atoms with E-state index in [1.807, 2.05) is 26.8 Å². The summed E-state index contributed by atoms with van der Waals surface area (Å²) in [6.07, 6.45) is 2.01. The number of nitrogens with zero attached hydrogens (tertiary/aromatic N) is 2. The maximum atomic E-state index is 5.86. The summed E-state index contributed by atoms with van der Waals surface area (Å²) in [6, 6.07) is 2.07. The molecule has 1 aromatic rings. The van der Waals surface area contributed by atoms with Crippen LogP contribution in [-0.4, -0.2) is 28.7 Å². The third-order valence-electron chi connectivity index (χ3n) is 2.51. The van der Waals surface area contributed by atoms with Crippen molar-refractivity contribution in [1.82, 2.24) is 9.97 Å². The highest BCUT2D eigenvalue weighted by molar-refractivity contribution is 5.30. The fourth-order valence-corrected chi connectivity index (χ4v) is 1.49. The van der Waals surface area contributed by atoms with E-state index in [0.717, 1.165) is 25.1 Å². The summed E-state index contributed by atoms with van der Waals surface area (Å²) in [5.74, 6) is 1.22. The molecule has 5 nitrogen and oxygen atoms in total.